The first-order chi connectivity index (χ1) is 13.3. The van der Waals surface area contributed by atoms with Gasteiger partial charge in [-0.1, -0.05) is 36.4 Å². The van der Waals surface area contributed by atoms with Crippen LogP contribution in [0, 0.1) is 0 Å². The number of amides is 1. The van der Waals surface area contributed by atoms with Crippen molar-refractivity contribution in [1.29, 1.82) is 0 Å². The van der Waals surface area contributed by atoms with Gasteiger partial charge in [-0.05, 0) is 41.3 Å². The molecule has 28 heavy (non-hydrogen) atoms. The average molecular weight is 385 g/mol. The molecule has 4 rings (SSSR count). The fourth-order valence-electron chi connectivity index (χ4n) is 3.68. The lowest BCUT2D eigenvalue weighted by Crippen LogP contribution is -2.40. The summed E-state index contributed by atoms with van der Waals surface area (Å²) in [4.78, 5) is 14.8. The Kier molecular flexibility index (Phi) is 4.45. The molecule has 0 aliphatic carbocycles. The highest BCUT2D eigenvalue weighted by Gasteiger charge is 2.35. The number of carbonyl (C=O) groups excluding carboxylic acids is 1. The summed E-state index contributed by atoms with van der Waals surface area (Å²) in [6, 6.07) is 14.0. The smallest absolute Gasteiger partial charge is 0.326 e. The molecule has 3 aromatic rings. The number of aromatic nitrogens is 2. The summed E-state index contributed by atoms with van der Waals surface area (Å²) in [6.45, 7) is 0.470. The van der Waals surface area contributed by atoms with Gasteiger partial charge in [0.15, 0.2) is 0 Å². The van der Waals surface area contributed by atoms with Crippen LogP contribution in [-0.4, -0.2) is 27.1 Å². The van der Waals surface area contributed by atoms with Crippen molar-refractivity contribution in [2.24, 2.45) is 7.05 Å². The van der Waals surface area contributed by atoms with Crippen LogP contribution in [0.15, 0.2) is 60.8 Å². The number of rotatable bonds is 2. The predicted molar refractivity (Wildman–Crippen MR) is 97.7 cm³/mol. The first kappa shape index (κ1) is 18.3. The number of nitrogens with zero attached hydrogens (tertiary/aromatic N) is 3. The second-order valence-electron chi connectivity index (χ2n) is 6.84. The Morgan fingerprint density at radius 2 is 1.79 bits per heavy atom. The molecule has 144 valence electrons. The third-order valence-electron chi connectivity index (χ3n) is 5.03. The van der Waals surface area contributed by atoms with E-state index in [4.69, 9.17) is 0 Å². The first-order valence-electron chi connectivity index (χ1n) is 8.90. The molecule has 0 N–H and O–H groups in total. The Balaban J connectivity index is 1.77. The largest absolute Gasteiger partial charge is 0.416 e. The van der Waals surface area contributed by atoms with Crippen LogP contribution in [0.1, 0.15) is 38.8 Å². The molecule has 0 saturated heterocycles. The van der Waals surface area contributed by atoms with Crippen LogP contribution in [0.25, 0.3) is 0 Å². The maximum Gasteiger partial charge on any atom is 0.416 e. The van der Waals surface area contributed by atoms with Crippen LogP contribution >= 0.6 is 0 Å². The van der Waals surface area contributed by atoms with E-state index in [0.29, 0.717) is 24.2 Å². The summed E-state index contributed by atoms with van der Waals surface area (Å²) in [5.41, 5.74) is 2.28. The van der Waals surface area contributed by atoms with E-state index in [2.05, 4.69) is 5.10 Å². The molecular formula is C21H18F3N3O. The molecule has 0 spiro atoms. The zero-order valence-electron chi connectivity index (χ0n) is 15.1. The number of carbonyl (C=O) groups is 1. The maximum atomic E-state index is 13.1. The van der Waals surface area contributed by atoms with Crippen molar-refractivity contribution < 1.29 is 18.0 Å². The highest BCUT2D eigenvalue weighted by atomic mass is 19.4. The van der Waals surface area contributed by atoms with Crippen molar-refractivity contribution in [3.63, 3.8) is 0 Å². The summed E-state index contributed by atoms with van der Waals surface area (Å²) < 4.78 is 40.4. The predicted octanol–water partition coefficient (Wildman–Crippen LogP) is 4.23. The van der Waals surface area contributed by atoms with E-state index >= 15 is 0 Å². The summed E-state index contributed by atoms with van der Waals surface area (Å²) in [5, 5.41) is 4.19. The van der Waals surface area contributed by atoms with Crippen molar-refractivity contribution in [2.45, 2.75) is 18.6 Å². The van der Waals surface area contributed by atoms with Crippen molar-refractivity contribution in [3.8, 4) is 0 Å². The number of hydrogen-bond acceptors (Lipinski definition) is 2. The van der Waals surface area contributed by atoms with Gasteiger partial charge in [0.1, 0.15) is 5.69 Å². The number of hydrogen-bond donors (Lipinski definition) is 0. The maximum absolute atomic E-state index is 13.1. The van der Waals surface area contributed by atoms with Crippen LogP contribution < -0.4 is 0 Å². The zero-order valence-corrected chi connectivity index (χ0v) is 15.1. The number of fused-ring (bicyclic) bond motifs is 1. The third-order valence-corrected chi connectivity index (χ3v) is 5.03. The van der Waals surface area contributed by atoms with Crippen LogP contribution in [-0.2, 0) is 19.6 Å². The molecule has 1 amide bonds. The number of benzene rings is 2. The lowest BCUT2D eigenvalue weighted by Gasteiger charge is -2.37. The minimum atomic E-state index is -4.40. The lowest BCUT2D eigenvalue weighted by atomic mass is 9.87. The molecule has 1 aliphatic heterocycles. The highest BCUT2D eigenvalue weighted by Crippen LogP contribution is 2.37. The Morgan fingerprint density at radius 3 is 2.43 bits per heavy atom. The van der Waals surface area contributed by atoms with Crippen LogP contribution in [0.5, 0.6) is 0 Å². The summed E-state index contributed by atoms with van der Waals surface area (Å²) in [5.74, 6) is -0.236. The van der Waals surface area contributed by atoms with E-state index in [1.807, 2.05) is 24.3 Å². The molecule has 0 bridgehead atoms. The van der Waals surface area contributed by atoms with Gasteiger partial charge in [-0.25, -0.2) is 0 Å². The Bertz CT molecular complexity index is 1010. The molecule has 2 aromatic carbocycles. The van der Waals surface area contributed by atoms with Gasteiger partial charge in [0, 0.05) is 19.8 Å². The summed E-state index contributed by atoms with van der Waals surface area (Å²) in [6.07, 6.45) is -2.02. The van der Waals surface area contributed by atoms with Crippen molar-refractivity contribution >= 4 is 5.91 Å². The van der Waals surface area contributed by atoms with E-state index in [1.54, 1.807) is 28.9 Å². The third kappa shape index (κ3) is 3.28. The van der Waals surface area contributed by atoms with Crippen LogP contribution in [0.2, 0.25) is 0 Å². The van der Waals surface area contributed by atoms with Gasteiger partial charge in [-0.2, -0.15) is 18.3 Å². The van der Waals surface area contributed by atoms with Gasteiger partial charge in [0.05, 0.1) is 11.6 Å². The molecule has 1 aromatic heterocycles. The molecule has 7 heteroatoms. The van der Waals surface area contributed by atoms with Gasteiger partial charge in [-0.15, -0.1) is 0 Å². The quantitative estimate of drug-likeness (QED) is 0.662. The SMILES string of the molecule is Cn1ccc(C(=O)N2CCc3ccccc3[C@H]2c2ccc(C(F)(F)F)cc2)n1. The molecular weight excluding hydrogens is 367 g/mol. The lowest BCUT2D eigenvalue weighted by molar-refractivity contribution is -0.137. The van der Waals surface area contributed by atoms with Gasteiger partial charge >= 0.3 is 6.18 Å². The van der Waals surface area contributed by atoms with E-state index in [0.717, 1.165) is 23.3 Å². The molecule has 1 atom stereocenters. The molecule has 0 saturated carbocycles. The average Bonchev–Trinajstić information content (AvgIpc) is 3.12. The highest BCUT2D eigenvalue weighted by molar-refractivity contribution is 5.93. The van der Waals surface area contributed by atoms with Crippen molar-refractivity contribution in [3.05, 3.63) is 88.7 Å². The number of aryl methyl sites for hydroxylation is 1. The molecule has 2 heterocycles. The molecule has 0 unspecified atom stereocenters. The van der Waals surface area contributed by atoms with Crippen molar-refractivity contribution in [2.75, 3.05) is 6.54 Å². The van der Waals surface area contributed by atoms with E-state index in [9.17, 15) is 18.0 Å². The number of halogens is 3. The Labute approximate surface area is 160 Å². The second-order valence-corrected chi connectivity index (χ2v) is 6.84. The summed E-state index contributed by atoms with van der Waals surface area (Å²) in [7, 11) is 1.73. The molecule has 4 nitrogen and oxygen atoms in total. The minimum absolute atomic E-state index is 0.236. The standard InChI is InChI=1S/C21H18F3N3O/c1-26-12-11-18(25-26)20(28)27-13-10-14-4-2-3-5-17(14)19(27)15-6-8-16(9-7-15)21(22,23)24/h2-9,11-12,19H,10,13H2,1H3/t19-/m1/s1. The molecule has 1 aliphatic rings. The second kappa shape index (κ2) is 6.82. The molecule has 0 radical (unpaired) electrons. The monoisotopic (exact) mass is 385 g/mol. The van der Waals surface area contributed by atoms with Gasteiger partial charge in [0.2, 0.25) is 0 Å². The number of alkyl halides is 3. The van der Waals surface area contributed by atoms with E-state index < -0.39 is 17.8 Å². The zero-order chi connectivity index (χ0) is 19.9. The van der Waals surface area contributed by atoms with Crippen LogP contribution in [0.3, 0.4) is 0 Å². The van der Waals surface area contributed by atoms with Crippen molar-refractivity contribution in [1.82, 2.24) is 14.7 Å². The normalized spacial score (nSPS) is 16.7. The first-order valence-corrected chi connectivity index (χ1v) is 8.90. The van der Waals surface area contributed by atoms with Gasteiger partial charge < -0.3 is 4.90 Å². The van der Waals surface area contributed by atoms with Gasteiger partial charge in [-0.3, -0.25) is 9.48 Å². The Hall–Kier alpha value is -3.09. The van der Waals surface area contributed by atoms with Crippen LogP contribution in [0.4, 0.5) is 13.2 Å². The fraction of sp³-hybridized carbons (Fsp3) is 0.238. The van der Waals surface area contributed by atoms with E-state index in [-0.39, 0.29) is 5.91 Å². The van der Waals surface area contributed by atoms with Gasteiger partial charge in [0.25, 0.3) is 5.91 Å². The van der Waals surface area contributed by atoms with E-state index in [1.165, 1.54) is 12.1 Å². The Morgan fingerprint density at radius 1 is 1.07 bits per heavy atom. The summed E-state index contributed by atoms with van der Waals surface area (Å²) >= 11 is 0. The topological polar surface area (TPSA) is 38.1 Å². The fourth-order valence-corrected chi connectivity index (χ4v) is 3.68. The molecule has 0 fully saturated rings. The minimum Gasteiger partial charge on any atom is -0.326 e.